The molecule has 1 fully saturated rings. The molecule has 3 nitrogen and oxygen atoms in total. The minimum absolute atomic E-state index is 0.366. The van der Waals surface area contributed by atoms with Crippen LogP contribution < -0.4 is 5.73 Å². The van der Waals surface area contributed by atoms with E-state index in [4.69, 9.17) is 5.73 Å². The molecule has 0 bridgehead atoms. The van der Waals surface area contributed by atoms with Gasteiger partial charge in [-0.3, -0.25) is 0 Å². The molecular weight excluding hydrogens is 222 g/mol. The van der Waals surface area contributed by atoms with Crippen LogP contribution in [0.2, 0.25) is 0 Å². The third kappa shape index (κ3) is 5.68. The summed E-state index contributed by atoms with van der Waals surface area (Å²) < 4.78 is 0. The van der Waals surface area contributed by atoms with E-state index in [0.717, 1.165) is 12.5 Å². The van der Waals surface area contributed by atoms with Crippen molar-refractivity contribution >= 4 is 0 Å². The Balaban J connectivity index is 2.39. The molecule has 18 heavy (non-hydrogen) atoms. The third-order valence-corrected chi connectivity index (χ3v) is 4.13. The van der Waals surface area contributed by atoms with E-state index in [-0.39, 0.29) is 0 Å². The van der Waals surface area contributed by atoms with Gasteiger partial charge in [0.2, 0.25) is 0 Å². The Morgan fingerprint density at radius 1 is 1.28 bits per heavy atom. The normalized spacial score (nSPS) is 21.5. The molecule has 0 aromatic rings. The molecule has 0 radical (unpaired) electrons. The van der Waals surface area contributed by atoms with Gasteiger partial charge in [0.1, 0.15) is 0 Å². The summed E-state index contributed by atoms with van der Waals surface area (Å²) in [5.41, 5.74) is 6.32. The molecule has 3 heteroatoms. The van der Waals surface area contributed by atoms with E-state index in [2.05, 4.69) is 44.7 Å². The first kappa shape index (κ1) is 15.9. The number of likely N-dealkylation sites (N-methyl/N-ethyl adjacent to an activating group) is 1. The molecule has 0 amide bonds. The number of hydrogen-bond donors (Lipinski definition) is 1. The van der Waals surface area contributed by atoms with E-state index in [1.807, 2.05) is 0 Å². The number of nitrogens with zero attached hydrogens (tertiary/aromatic N) is 2. The van der Waals surface area contributed by atoms with Gasteiger partial charge in [0.25, 0.3) is 0 Å². The maximum Gasteiger partial charge on any atom is 0.0220 e. The Hall–Kier alpha value is -0.120. The van der Waals surface area contributed by atoms with Gasteiger partial charge < -0.3 is 15.5 Å². The summed E-state index contributed by atoms with van der Waals surface area (Å²) in [5, 5.41) is 0. The maximum atomic E-state index is 5.96. The van der Waals surface area contributed by atoms with Crippen molar-refractivity contribution in [2.24, 2.45) is 17.1 Å². The van der Waals surface area contributed by atoms with Gasteiger partial charge in [-0.15, -0.1) is 0 Å². The molecule has 0 saturated carbocycles. The summed E-state index contributed by atoms with van der Waals surface area (Å²) in [6.07, 6.45) is 3.87. The second-order valence-electron chi connectivity index (χ2n) is 7.34. The van der Waals surface area contributed by atoms with Crippen LogP contribution in [0.15, 0.2) is 0 Å². The third-order valence-electron chi connectivity index (χ3n) is 4.13. The van der Waals surface area contributed by atoms with Crippen LogP contribution in [0.25, 0.3) is 0 Å². The van der Waals surface area contributed by atoms with Crippen molar-refractivity contribution in [1.82, 2.24) is 9.80 Å². The van der Waals surface area contributed by atoms with Gasteiger partial charge in [-0.05, 0) is 57.8 Å². The fourth-order valence-electron chi connectivity index (χ4n) is 2.93. The van der Waals surface area contributed by atoms with E-state index in [9.17, 15) is 0 Å². The fraction of sp³-hybridized carbons (Fsp3) is 1.00. The maximum absolute atomic E-state index is 5.96. The first-order valence-corrected chi connectivity index (χ1v) is 7.40. The number of nitrogens with two attached hydrogens (primary N) is 1. The predicted molar refractivity (Wildman–Crippen MR) is 79.8 cm³/mol. The summed E-state index contributed by atoms with van der Waals surface area (Å²) >= 11 is 0. The number of rotatable bonds is 5. The van der Waals surface area contributed by atoms with Gasteiger partial charge in [-0.2, -0.15) is 0 Å². The van der Waals surface area contributed by atoms with Gasteiger partial charge in [-0.25, -0.2) is 0 Å². The molecule has 1 aliphatic rings. The molecule has 1 unspecified atom stereocenters. The van der Waals surface area contributed by atoms with E-state index in [0.29, 0.717) is 11.5 Å². The zero-order valence-electron chi connectivity index (χ0n) is 13.1. The molecule has 0 aromatic heterocycles. The Bertz CT molecular complexity index is 226. The Morgan fingerprint density at radius 3 is 2.28 bits per heavy atom. The van der Waals surface area contributed by atoms with Gasteiger partial charge in [0.15, 0.2) is 0 Å². The smallest absolute Gasteiger partial charge is 0.0220 e. The topological polar surface area (TPSA) is 32.5 Å². The van der Waals surface area contributed by atoms with Crippen molar-refractivity contribution in [3.8, 4) is 0 Å². The SMILES string of the molecule is CN1CCC(CN(C)C(CN)CC(C)(C)C)CC1. The van der Waals surface area contributed by atoms with Gasteiger partial charge in [-0.1, -0.05) is 20.8 Å². The molecule has 0 aromatic carbocycles. The van der Waals surface area contributed by atoms with E-state index < -0.39 is 0 Å². The highest BCUT2D eigenvalue weighted by molar-refractivity contribution is 4.80. The second-order valence-corrected chi connectivity index (χ2v) is 7.34. The monoisotopic (exact) mass is 255 g/mol. The quantitative estimate of drug-likeness (QED) is 0.816. The molecule has 1 rings (SSSR count). The molecule has 1 aliphatic heterocycles. The molecule has 1 heterocycles. The van der Waals surface area contributed by atoms with Gasteiger partial charge in [0, 0.05) is 19.1 Å². The fourth-order valence-corrected chi connectivity index (χ4v) is 2.93. The lowest BCUT2D eigenvalue weighted by atomic mass is 9.87. The molecule has 1 atom stereocenters. The van der Waals surface area contributed by atoms with E-state index in [1.165, 1.54) is 38.9 Å². The minimum Gasteiger partial charge on any atom is -0.329 e. The lowest BCUT2D eigenvalue weighted by molar-refractivity contribution is 0.129. The summed E-state index contributed by atoms with van der Waals surface area (Å²) in [7, 11) is 4.48. The van der Waals surface area contributed by atoms with Crippen molar-refractivity contribution < 1.29 is 0 Å². The average Bonchev–Trinajstić information content (AvgIpc) is 2.27. The van der Waals surface area contributed by atoms with E-state index in [1.54, 1.807) is 0 Å². The summed E-state index contributed by atoms with van der Waals surface area (Å²) in [4.78, 5) is 4.94. The summed E-state index contributed by atoms with van der Waals surface area (Å²) in [5.74, 6) is 0.861. The highest BCUT2D eigenvalue weighted by Crippen LogP contribution is 2.24. The Labute approximate surface area is 114 Å². The average molecular weight is 255 g/mol. The van der Waals surface area contributed by atoms with Crippen molar-refractivity contribution in [2.45, 2.75) is 46.1 Å². The van der Waals surface area contributed by atoms with Crippen LogP contribution in [-0.2, 0) is 0 Å². The van der Waals surface area contributed by atoms with Crippen LogP contribution in [-0.4, -0.2) is 56.1 Å². The lowest BCUT2D eigenvalue weighted by Gasteiger charge is -2.37. The second kappa shape index (κ2) is 6.88. The van der Waals surface area contributed by atoms with Crippen LogP contribution in [0.5, 0.6) is 0 Å². The van der Waals surface area contributed by atoms with Crippen molar-refractivity contribution in [2.75, 3.05) is 40.3 Å². The minimum atomic E-state index is 0.366. The number of piperidine rings is 1. The highest BCUT2D eigenvalue weighted by Gasteiger charge is 2.24. The molecule has 108 valence electrons. The molecule has 2 N–H and O–H groups in total. The standard InChI is InChI=1S/C15H33N3/c1-15(2,3)10-14(11-16)18(5)12-13-6-8-17(4)9-7-13/h13-14H,6-12,16H2,1-5H3. The van der Waals surface area contributed by atoms with Crippen LogP contribution in [0.1, 0.15) is 40.0 Å². The van der Waals surface area contributed by atoms with Crippen molar-refractivity contribution in [3.63, 3.8) is 0 Å². The van der Waals surface area contributed by atoms with E-state index >= 15 is 0 Å². The highest BCUT2D eigenvalue weighted by atomic mass is 15.1. The number of likely N-dealkylation sites (tertiary alicyclic amines) is 1. The lowest BCUT2D eigenvalue weighted by Crippen LogP contribution is -2.44. The first-order chi connectivity index (χ1) is 8.31. The molecule has 0 spiro atoms. The van der Waals surface area contributed by atoms with Crippen LogP contribution in [0.3, 0.4) is 0 Å². The van der Waals surface area contributed by atoms with Gasteiger partial charge >= 0.3 is 0 Å². The van der Waals surface area contributed by atoms with Crippen LogP contribution in [0, 0.1) is 11.3 Å². The zero-order chi connectivity index (χ0) is 13.8. The predicted octanol–water partition coefficient (Wildman–Crippen LogP) is 2.02. The molecule has 1 saturated heterocycles. The zero-order valence-corrected chi connectivity index (χ0v) is 13.1. The van der Waals surface area contributed by atoms with Gasteiger partial charge in [0.05, 0.1) is 0 Å². The first-order valence-electron chi connectivity index (χ1n) is 7.40. The summed E-state index contributed by atoms with van der Waals surface area (Å²) in [6, 6.07) is 0.532. The molecule has 0 aliphatic carbocycles. The summed E-state index contributed by atoms with van der Waals surface area (Å²) in [6.45, 7) is 11.4. The Morgan fingerprint density at radius 2 is 1.83 bits per heavy atom. The Kier molecular flexibility index (Phi) is 6.09. The van der Waals surface area contributed by atoms with Crippen LogP contribution >= 0.6 is 0 Å². The van der Waals surface area contributed by atoms with Crippen LogP contribution in [0.4, 0.5) is 0 Å². The largest absolute Gasteiger partial charge is 0.329 e. The molecular formula is C15H33N3. The van der Waals surface area contributed by atoms with Crippen molar-refractivity contribution in [1.29, 1.82) is 0 Å². The number of hydrogen-bond acceptors (Lipinski definition) is 3. The van der Waals surface area contributed by atoms with Crippen molar-refractivity contribution in [3.05, 3.63) is 0 Å².